The zero-order valence-corrected chi connectivity index (χ0v) is 18.2. The summed E-state index contributed by atoms with van der Waals surface area (Å²) in [5.41, 5.74) is 1.65. The molecule has 0 spiro atoms. The maximum Gasteiger partial charge on any atom is 0.220 e. The van der Waals surface area contributed by atoms with E-state index in [1.165, 1.54) is 0 Å². The summed E-state index contributed by atoms with van der Waals surface area (Å²) in [4.78, 5) is 14.7. The van der Waals surface area contributed by atoms with Gasteiger partial charge in [0, 0.05) is 25.9 Å². The Kier molecular flexibility index (Phi) is 6.20. The van der Waals surface area contributed by atoms with Crippen molar-refractivity contribution in [3.05, 3.63) is 41.7 Å². The Morgan fingerprint density at radius 3 is 2.68 bits per heavy atom. The third kappa shape index (κ3) is 4.55. The first-order valence-electron chi connectivity index (χ1n) is 10.7. The van der Waals surface area contributed by atoms with E-state index in [1.54, 1.807) is 4.52 Å². The second-order valence-electron chi connectivity index (χ2n) is 7.44. The van der Waals surface area contributed by atoms with Crippen molar-refractivity contribution in [2.75, 3.05) is 31.2 Å². The van der Waals surface area contributed by atoms with Crippen LogP contribution in [0.3, 0.4) is 0 Å². The molecule has 1 amide bonds. The second-order valence-corrected chi connectivity index (χ2v) is 7.44. The van der Waals surface area contributed by atoms with Crippen LogP contribution in [0.15, 0.2) is 30.3 Å². The first kappa shape index (κ1) is 20.9. The minimum atomic E-state index is -0.147. The van der Waals surface area contributed by atoms with Gasteiger partial charge >= 0.3 is 0 Å². The van der Waals surface area contributed by atoms with Crippen molar-refractivity contribution in [2.45, 2.75) is 39.7 Å². The van der Waals surface area contributed by atoms with Crippen LogP contribution < -0.4 is 19.7 Å². The molecular weight excluding hydrogens is 396 g/mol. The van der Waals surface area contributed by atoms with Gasteiger partial charge in [-0.3, -0.25) is 4.79 Å². The number of amides is 1. The molecule has 0 radical (unpaired) electrons. The zero-order chi connectivity index (χ0) is 21.8. The molecule has 1 aromatic carbocycles. The Hall–Kier alpha value is -3.36. The van der Waals surface area contributed by atoms with Crippen molar-refractivity contribution in [1.82, 2.24) is 25.1 Å². The molecule has 164 valence electrons. The number of aromatic nitrogens is 4. The quantitative estimate of drug-likeness (QED) is 0.594. The van der Waals surface area contributed by atoms with Crippen molar-refractivity contribution in [3.63, 3.8) is 0 Å². The number of hydrogen-bond acceptors (Lipinski definition) is 7. The van der Waals surface area contributed by atoms with Crippen LogP contribution in [-0.2, 0) is 11.2 Å². The predicted molar refractivity (Wildman–Crippen MR) is 117 cm³/mol. The third-order valence-corrected chi connectivity index (χ3v) is 5.42. The lowest BCUT2D eigenvalue weighted by molar-refractivity contribution is -0.121. The smallest absolute Gasteiger partial charge is 0.220 e. The van der Waals surface area contributed by atoms with Crippen LogP contribution >= 0.6 is 0 Å². The third-order valence-electron chi connectivity index (χ3n) is 5.42. The highest BCUT2D eigenvalue weighted by Gasteiger charge is 2.17. The number of carbonyl (C=O) groups excluding carboxylic acids is 1. The van der Waals surface area contributed by atoms with Gasteiger partial charge in [0.1, 0.15) is 19.0 Å². The topological polar surface area (TPSA) is 93.9 Å². The van der Waals surface area contributed by atoms with Gasteiger partial charge in [0.05, 0.1) is 6.04 Å². The highest BCUT2D eigenvalue weighted by Crippen LogP contribution is 2.32. The maximum atomic E-state index is 12.6. The molecule has 1 aliphatic heterocycles. The fourth-order valence-electron chi connectivity index (χ4n) is 3.65. The van der Waals surface area contributed by atoms with E-state index < -0.39 is 0 Å². The molecule has 1 aliphatic rings. The van der Waals surface area contributed by atoms with Gasteiger partial charge in [0.15, 0.2) is 23.0 Å². The summed E-state index contributed by atoms with van der Waals surface area (Å²) in [6.45, 7) is 8.97. The molecule has 2 aromatic heterocycles. The van der Waals surface area contributed by atoms with E-state index in [0.29, 0.717) is 37.5 Å². The molecule has 0 saturated heterocycles. The van der Waals surface area contributed by atoms with Crippen LogP contribution in [0, 0.1) is 0 Å². The number of benzene rings is 1. The van der Waals surface area contributed by atoms with E-state index >= 15 is 0 Å². The van der Waals surface area contributed by atoms with Gasteiger partial charge in [-0.1, -0.05) is 6.07 Å². The summed E-state index contributed by atoms with van der Waals surface area (Å²) < 4.78 is 12.9. The van der Waals surface area contributed by atoms with E-state index in [1.807, 2.05) is 37.3 Å². The fourth-order valence-corrected chi connectivity index (χ4v) is 3.65. The lowest BCUT2D eigenvalue weighted by Gasteiger charge is -2.21. The second kappa shape index (κ2) is 9.20. The molecule has 9 nitrogen and oxygen atoms in total. The number of carbonyl (C=O) groups is 1. The van der Waals surface area contributed by atoms with Gasteiger partial charge < -0.3 is 19.7 Å². The first-order valence-corrected chi connectivity index (χ1v) is 10.7. The number of aryl methyl sites for hydroxylation is 1. The van der Waals surface area contributed by atoms with Crippen LogP contribution in [0.4, 0.5) is 5.82 Å². The van der Waals surface area contributed by atoms with Crippen LogP contribution in [0.1, 0.15) is 44.6 Å². The molecule has 31 heavy (non-hydrogen) atoms. The number of ether oxygens (including phenoxy) is 2. The van der Waals surface area contributed by atoms with Crippen molar-refractivity contribution >= 4 is 17.4 Å². The molecule has 1 atom stereocenters. The van der Waals surface area contributed by atoms with Crippen LogP contribution in [-0.4, -0.2) is 52.0 Å². The van der Waals surface area contributed by atoms with E-state index in [9.17, 15) is 4.79 Å². The largest absolute Gasteiger partial charge is 0.486 e. The molecule has 3 aromatic rings. The summed E-state index contributed by atoms with van der Waals surface area (Å²) in [6.07, 6.45) is 0.752. The summed E-state index contributed by atoms with van der Waals surface area (Å²) in [5.74, 6) is 2.94. The van der Waals surface area contributed by atoms with Crippen molar-refractivity contribution < 1.29 is 14.3 Å². The summed E-state index contributed by atoms with van der Waals surface area (Å²) in [5, 5.41) is 16.1. The van der Waals surface area contributed by atoms with Crippen molar-refractivity contribution in [1.29, 1.82) is 0 Å². The SMILES string of the molecule is CCN(CC)c1ccc2nnc(CCC(=O)NC(C)c3ccc4c(c3)OCCO4)n2n1. The molecule has 9 heteroatoms. The van der Waals surface area contributed by atoms with Crippen LogP contribution in [0.25, 0.3) is 5.65 Å². The standard InChI is InChI=1S/C22H28N6O3/c1-4-27(5-2)21-9-8-19-24-25-20(28(19)26-21)10-11-22(29)23-15(3)16-6-7-17-18(14-16)31-13-12-30-17/h6-9,14-15H,4-5,10-13H2,1-3H3,(H,23,29). The van der Waals surface area contributed by atoms with Gasteiger partial charge in [-0.25, -0.2) is 0 Å². The average Bonchev–Trinajstić information content (AvgIpc) is 3.20. The Bertz CT molecular complexity index is 1060. The van der Waals surface area contributed by atoms with E-state index in [4.69, 9.17) is 9.47 Å². The molecular formula is C22H28N6O3. The lowest BCUT2D eigenvalue weighted by Crippen LogP contribution is -2.27. The highest BCUT2D eigenvalue weighted by atomic mass is 16.6. The molecule has 1 unspecified atom stereocenters. The average molecular weight is 425 g/mol. The van der Waals surface area contributed by atoms with E-state index in [2.05, 4.69) is 39.4 Å². The molecule has 0 fully saturated rings. The van der Waals surface area contributed by atoms with Gasteiger partial charge in [0.25, 0.3) is 0 Å². The number of hydrogen-bond donors (Lipinski definition) is 1. The van der Waals surface area contributed by atoms with Crippen molar-refractivity contribution in [3.8, 4) is 11.5 Å². The number of rotatable bonds is 8. The van der Waals surface area contributed by atoms with Crippen LogP contribution in [0.5, 0.6) is 11.5 Å². The van der Waals surface area contributed by atoms with Gasteiger partial charge in [-0.2, -0.15) is 4.52 Å². The molecule has 0 bridgehead atoms. The van der Waals surface area contributed by atoms with Crippen molar-refractivity contribution in [2.24, 2.45) is 0 Å². The molecule has 3 heterocycles. The highest BCUT2D eigenvalue weighted by molar-refractivity contribution is 5.76. The summed E-state index contributed by atoms with van der Waals surface area (Å²) in [7, 11) is 0. The Balaban J connectivity index is 1.39. The number of nitrogens with one attached hydrogen (secondary N) is 1. The monoisotopic (exact) mass is 424 g/mol. The summed E-state index contributed by atoms with van der Waals surface area (Å²) in [6, 6.07) is 9.45. The molecule has 1 N–H and O–H groups in total. The first-order chi connectivity index (χ1) is 15.1. The minimum Gasteiger partial charge on any atom is -0.486 e. The van der Waals surface area contributed by atoms with Gasteiger partial charge in [-0.15, -0.1) is 15.3 Å². The Morgan fingerprint density at radius 2 is 1.90 bits per heavy atom. The lowest BCUT2D eigenvalue weighted by atomic mass is 10.1. The van der Waals surface area contributed by atoms with Gasteiger partial charge in [-0.05, 0) is 50.6 Å². The normalized spacial score (nSPS) is 13.8. The Morgan fingerprint density at radius 1 is 1.13 bits per heavy atom. The minimum absolute atomic E-state index is 0.0564. The molecule has 4 rings (SSSR count). The zero-order valence-electron chi connectivity index (χ0n) is 18.2. The number of anilines is 1. The maximum absolute atomic E-state index is 12.6. The van der Waals surface area contributed by atoms with E-state index in [0.717, 1.165) is 36.0 Å². The Labute approximate surface area is 181 Å². The van der Waals surface area contributed by atoms with Gasteiger partial charge in [0.2, 0.25) is 5.91 Å². The molecule has 0 aliphatic carbocycles. The van der Waals surface area contributed by atoms with Crippen LogP contribution in [0.2, 0.25) is 0 Å². The summed E-state index contributed by atoms with van der Waals surface area (Å²) >= 11 is 0. The number of fused-ring (bicyclic) bond motifs is 2. The fraction of sp³-hybridized carbons (Fsp3) is 0.455. The predicted octanol–water partition coefficient (Wildman–Crippen LogP) is 2.55. The molecule has 0 saturated carbocycles. The number of nitrogens with zero attached hydrogens (tertiary/aromatic N) is 5. The van der Waals surface area contributed by atoms with E-state index in [-0.39, 0.29) is 11.9 Å².